The molecule has 5 atom stereocenters. The second-order valence-corrected chi connectivity index (χ2v) is 7.18. The number of carbonyl (C=O) groups is 1. The number of aliphatic hydroxyl groups is 4. The summed E-state index contributed by atoms with van der Waals surface area (Å²) >= 11 is 0. The highest BCUT2D eigenvalue weighted by Crippen LogP contribution is 2.32. The fourth-order valence-electron chi connectivity index (χ4n) is 3.47. The fraction of sp³-hybridized carbons (Fsp3) is 0.409. The van der Waals surface area contributed by atoms with Crippen LogP contribution in [0.15, 0.2) is 48.5 Å². The van der Waals surface area contributed by atoms with Gasteiger partial charge >= 0.3 is 5.97 Å². The molecule has 0 amide bonds. The minimum atomic E-state index is -1.39. The predicted octanol–water partition coefficient (Wildman–Crippen LogP) is 0.773. The standard InChI is InChI=1S/C22H26O7/c1-28-22(27)16-10-6-14(7-11-16)3-2-13-4-8-15(9-5-13)21-20(26)19(25)18(24)17(12-23)29-21/h4-11,17-21,23-26H,2-3,12H2,1H3/t17-,18-,19+,20-,21-/m1/s1. The van der Waals surface area contributed by atoms with Crippen LogP contribution in [-0.4, -0.2) is 64.5 Å². The van der Waals surface area contributed by atoms with Crippen LogP contribution in [0.3, 0.4) is 0 Å². The Morgan fingerprint density at radius 1 is 0.897 bits per heavy atom. The van der Waals surface area contributed by atoms with Crippen LogP contribution in [0.2, 0.25) is 0 Å². The Morgan fingerprint density at radius 2 is 1.45 bits per heavy atom. The fourth-order valence-corrected chi connectivity index (χ4v) is 3.47. The minimum absolute atomic E-state index is 0.361. The molecule has 4 N–H and O–H groups in total. The van der Waals surface area contributed by atoms with Crippen molar-refractivity contribution in [2.75, 3.05) is 13.7 Å². The van der Waals surface area contributed by atoms with Crippen molar-refractivity contribution in [3.05, 3.63) is 70.8 Å². The molecule has 0 unspecified atom stereocenters. The summed E-state index contributed by atoms with van der Waals surface area (Å²) in [5.74, 6) is -0.361. The number of methoxy groups -OCH3 is 1. The van der Waals surface area contributed by atoms with Crippen molar-refractivity contribution in [2.45, 2.75) is 43.4 Å². The first kappa shape index (κ1) is 21.4. The Hall–Kier alpha value is -2.29. The molecule has 2 aromatic rings. The smallest absolute Gasteiger partial charge is 0.337 e. The molecule has 0 spiro atoms. The first-order valence-corrected chi connectivity index (χ1v) is 9.51. The van der Waals surface area contributed by atoms with Gasteiger partial charge in [0.25, 0.3) is 0 Å². The van der Waals surface area contributed by atoms with E-state index >= 15 is 0 Å². The highest BCUT2D eigenvalue weighted by Gasteiger charge is 2.43. The maximum atomic E-state index is 11.5. The second-order valence-electron chi connectivity index (χ2n) is 7.18. The van der Waals surface area contributed by atoms with E-state index < -0.39 is 37.1 Å². The summed E-state index contributed by atoms with van der Waals surface area (Å²) in [4.78, 5) is 11.5. The Balaban J connectivity index is 1.62. The van der Waals surface area contributed by atoms with Crippen LogP contribution in [-0.2, 0) is 22.3 Å². The van der Waals surface area contributed by atoms with E-state index in [9.17, 15) is 25.2 Å². The lowest BCUT2D eigenvalue weighted by Gasteiger charge is -2.40. The summed E-state index contributed by atoms with van der Waals surface area (Å²) < 4.78 is 10.3. The zero-order valence-electron chi connectivity index (χ0n) is 16.1. The number of hydrogen-bond donors (Lipinski definition) is 4. The molecular formula is C22H26O7. The number of esters is 1. The van der Waals surface area contributed by atoms with Gasteiger partial charge in [0.05, 0.1) is 19.3 Å². The molecule has 7 heteroatoms. The van der Waals surface area contributed by atoms with Gasteiger partial charge in [0.15, 0.2) is 0 Å². The van der Waals surface area contributed by atoms with Gasteiger partial charge in [-0.2, -0.15) is 0 Å². The van der Waals surface area contributed by atoms with Gasteiger partial charge in [-0.05, 0) is 41.7 Å². The van der Waals surface area contributed by atoms with Crippen molar-refractivity contribution >= 4 is 5.97 Å². The van der Waals surface area contributed by atoms with Crippen molar-refractivity contribution in [2.24, 2.45) is 0 Å². The molecule has 156 valence electrons. The SMILES string of the molecule is COC(=O)c1ccc(CCc2ccc([C@H]3O[C@H](CO)[C@@H](O)[C@H](O)[C@H]3O)cc2)cc1. The summed E-state index contributed by atoms with van der Waals surface area (Å²) in [5.41, 5.74) is 3.35. The minimum Gasteiger partial charge on any atom is -0.465 e. The molecule has 29 heavy (non-hydrogen) atoms. The van der Waals surface area contributed by atoms with Crippen molar-refractivity contribution in [3.8, 4) is 0 Å². The van der Waals surface area contributed by atoms with E-state index in [1.54, 1.807) is 12.1 Å². The van der Waals surface area contributed by atoms with Gasteiger partial charge in [-0.1, -0.05) is 36.4 Å². The van der Waals surface area contributed by atoms with Gasteiger partial charge in [-0.15, -0.1) is 0 Å². The number of carbonyl (C=O) groups excluding carboxylic acids is 1. The first-order chi connectivity index (χ1) is 13.9. The largest absolute Gasteiger partial charge is 0.465 e. The zero-order valence-corrected chi connectivity index (χ0v) is 16.1. The number of aryl methyl sites for hydroxylation is 2. The number of benzene rings is 2. The van der Waals surface area contributed by atoms with Gasteiger partial charge in [0.1, 0.15) is 30.5 Å². The van der Waals surface area contributed by atoms with Crippen LogP contribution in [0.1, 0.15) is 33.2 Å². The Bertz CT molecular complexity index is 801. The summed E-state index contributed by atoms with van der Waals surface area (Å²) in [5, 5.41) is 39.4. The van der Waals surface area contributed by atoms with Crippen LogP contribution in [0.5, 0.6) is 0 Å². The third kappa shape index (κ3) is 4.83. The van der Waals surface area contributed by atoms with Gasteiger partial charge < -0.3 is 29.9 Å². The molecule has 0 bridgehead atoms. The van der Waals surface area contributed by atoms with Crippen LogP contribution in [0.4, 0.5) is 0 Å². The summed E-state index contributed by atoms with van der Waals surface area (Å²) in [6.45, 7) is -0.450. The highest BCUT2D eigenvalue weighted by molar-refractivity contribution is 5.89. The third-order valence-corrected chi connectivity index (χ3v) is 5.28. The van der Waals surface area contributed by atoms with Crippen LogP contribution >= 0.6 is 0 Å². The Morgan fingerprint density at radius 3 is 1.97 bits per heavy atom. The summed E-state index contributed by atoms with van der Waals surface area (Å²) in [7, 11) is 1.35. The lowest BCUT2D eigenvalue weighted by Crippen LogP contribution is -2.55. The van der Waals surface area contributed by atoms with Crippen LogP contribution < -0.4 is 0 Å². The molecule has 0 aliphatic carbocycles. The molecule has 0 saturated carbocycles. The quantitative estimate of drug-likeness (QED) is 0.528. The third-order valence-electron chi connectivity index (χ3n) is 5.28. The number of aliphatic hydroxyl groups excluding tert-OH is 4. The Kier molecular flexibility index (Phi) is 7.00. The lowest BCUT2D eigenvalue weighted by atomic mass is 9.90. The van der Waals surface area contributed by atoms with E-state index in [1.807, 2.05) is 36.4 Å². The van der Waals surface area contributed by atoms with E-state index in [4.69, 9.17) is 9.47 Å². The molecule has 1 heterocycles. The molecule has 1 aliphatic rings. The molecule has 1 saturated heterocycles. The predicted molar refractivity (Wildman–Crippen MR) is 104 cm³/mol. The van der Waals surface area contributed by atoms with Crippen LogP contribution in [0, 0.1) is 0 Å². The molecule has 1 fully saturated rings. The monoisotopic (exact) mass is 402 g/mol. The normalized spacial score (nSPS) is 26.9. The van der Waals surface area contributed by atoms with Crippen LogP contribution in [0.25, 0.3) is 0 Å². The maximum Gasteiger partial charge on any atom is 0.337 e. The number of hydrogen-bond acceptors (Lipinski definition) is 7. The van der Waals surface area contributed by atoms with E-state index in [0.717, 1.165) is 24.0 Å². The number of rotatable bonds is 6. The first-order valence-electron chi connectivity index (χ1n) is 9.51. The average molecular weight is 402 g/mol. The van der Waals surface area contributed by atoms with Gasteiger partial charge in [-0.25, -0.2) is 4.79 Å². The van der Waals surface area contributed by atoms with Gasteiger partial charge in [-0.3, -0.25) is 0 Å². The Labute approximate surface area is 169 Å². The topological polar surface area (TPSA) is 116 Å². The van der Waals surface area contributed by atoms with Gasteiger partial charge in [0.2, 0.25) is 0 Å². The molecule has 1 aliphatic heterocycles. The maximum absolute atomic E-state index is 11.5. The van der Waals surface area contributed by atoms with Crippen molar-refractivity contribution in [1.82, 2.24) is 0 Å². The average Bonchev–Trinajstić information content (AvgIpc) is 2.76. The lowest BCUT2D eigenvalue weighted by molar-refractivity contribution is -0.231. The van der Waals surface area contributed by atoms with E-state index in [0.29, 0.717) is 11.1 Å². The van der Waals surface area contributed by atoms with Crippen molar-refractivity contribution < 1.29 is 34.7 Å². The zero-order chi connectivity index (χ0) is 21.0. The number of ether oxygens (including phenoxy) is 2. The molecular weight excluding hydrogens is 376 g/mol. The van der Waals surface area contributed by atoms with E-state index in [1.165, 1.54) is 7.11 Å². The summed E-state index contributed by atoms with van der Waals surface area (Å²) in [6, 6.07) is 14.7. The van der Waals surface area contributed by atoms with E-state index in [-0.39, 0.29) is 5.97 Å². The summed E-state index contributed by atoms with van der Waals surface area (Å²) in [6.07, 6.45) is -4.22. The molecule has 3 rings (SSSR count). The second kappa shape index (κ2) is 9.47. The van der Waals surface area contributed by atoms with Crippen molar-refractivity contribution in [1.29, 1.82) is 0 Å². The van der Waals surface area contributed by atoms with Gasteiger partial charge in [0, 0.05) is 0 Å². The van der Waals surface area contributed by atoms with Crippen molar-refractivity contribution in [3.63, 3.8) is 0 Å². The molecule has 2 aromatic carbocycles. The molecule has 7 nitrogen and oxygen atoms in total. The highest BCUT2D eigenvalue weighted by atomic mass is 16.5. The molecule has 0 aromatic heterocycles. The van der Waals surface area contributed by atoms with E-state index in [2.05, 4.69) is 0 Å². The molecule has 0 radical (unpaired) electrons.